The molecule has 1 nitrogen and oxygen atoms in total. The van der Waals surface area contributed by atoms with E-state index in [1.165, 1.54) is 45.2 Å². The first-order valence-electron chi connectivity index (χ1n) is 7.32. The second-order valence-electron chi connectivity index (χ2n) is 5.02. The van der Waals surface area contributed by atoms with Gasteiger partial charge in [-0.1, -0.05) is 40.0 Å². The van der Waals surface area contributed by atoms with Gasteiger partial charge in [0.1, 0.15) is 0 Å². The molecule has 2 atom stereocenters. The second kappa shape index (κ2) is 9.54. The second-order valence-corrected chi connectivity index (χ2v) is 8.77. The van der Waals surface area contributed by atoms with E-state index in [2.05, 4.69) is 64.0 Å². The van der Waals surface area contributed by atoms with Crippen molar-refractivity contribution in [2.75, 3.05) is 6.54 Å². The van der Waals surface area contributed by atoms with Crippen LogP contribution in [0.5, 0.6) is 0 Å². The molecule has 1 heterocycles. The maximum atomic E-state index is 3.76. The third kappa shape index (κ3) is 5.49. The number of nitrogens with one attached hydrogen (secondary N) is 1. The summed E-state index contributed by atoms with van der Waals surface area (Å²) in [6.45, 7) is 7.91. The minimum Gasteiger partial charge on any atom is -0.310 e. The van der Waals surface area contributed by atoms with Gasteiger partial charge >= 0.3 is 0 Å². The normalized spacial score (nSPS) is 14.6. The maximum absolute atomic E-state index is 3.76. The van der Waals surface area contributed by atoms with Gasteiger partial charge in [-0.25, -0.2) is 0 Å². The fraction of sp³-hybridized carbons (Fsp3) is 0.733. The number of unbranched alkanes of at least 4 members (excludes halogenated alkanes) is 1. The van der Waals surface area contributed by atoms with E-state index in [0.29, 0.717) is 6.04 Å². The van der Waals surface area contributed by atoms with Crippen LogP contribution < -0.4 is 5.32 Å². The smallest absolute Gasteiger partial charge is 0.0758 e. The quantitative estimate of drug-likeness (QED) is 0.487. The Morgan fingerprint density at radius 3 is 2.42 bits per heavy atom. The van der Waals surface area contributed by atoms with E-state index in [9.17, 15) is 0 Å². The zero-order valence-corrected chi connectivity index (χ0v) is 16.1. The Balaban J connectivity index is 2.88. The molecule has 0 aromatic carbocycles. The summed E-state index contributed by atoms with van der Waals surface area (Å²) in [5.41, 5.74) is 1.42. The lowest BCUT2D eigenvalue weighted by Crippen LogP contribution is -2.28. The average Bonchev–Trinajstić information content (AvgIpc) is 2.72. The van der Waals surface area contributed by atoms with Crippen LogP contribution >= 0.6 is 43.2 Å². The molecular weight excluding hydrogens is 386 g/mol. The molecule has 0 fully saturated rings. The standard InChI is InChI=1S/C15H25Br2NS/c1-4-7-8-11(6-3)14(18-9-5-2)12-10-13(16)19-15(12)17/h10-11,14,18H,4-9H2,1-3H3. The van der Waals surface area contributed by atoms with Crippen LogP contribution in [0.4, 0.5) is 0 Å². The van der Waals surface area contributed by atoms with Crippen molar-refractivity contribution < 1.29 is 0 Å². The molecule has 1 N–H and O–H groups in total. The monoisotopic (exact) mass is 409 g/mol. The van der Waals surface area contributed by atoms with Gasteiger partial charge in [0.15, 0.2) is 0 Å². The van der Waals surface area contributed by atoms with E-state index in [1.54, 1.807) is 11.3 Å². The molecule has 0 bridgehead atoms. The highest BCUT2D eigenvalue weighted by atomic mass is 79.9. The lowest BCUT2D eigenvalue weighted by atomic mass is 9.88. The van der Waals surface area contributed by atoms with Crippen molar-refractivity contribution in [2.45, 2.75) is 58.9 Å². The van der Waals surface area contributed by atoms with E-state index >= 15 is 0 Å². The van der Waals surface area contributed by atoms with Crippen LogP contribution in [-0.4, -0.2) is 6.54 Å². The summed E-state index contributed by atoms with van der Waals surface area (Å²) in [5.74, 6) is 0.726. The van der Waals surface area contributed by atoms with Gasteiger partial charge in [0, 0.05) is 6.04 Å². The number of hydrogen-bond donors (Lipinski definition) is 1. The number of thiophene rings is 1. The van der Waals surface area contributed by atoms with E-state index in [-0.39, 0.29) is 0 Å². The Morgan fingerprint density at radius 1 is 1.21 bits per heavy atom. The summed E-state index contributed by atoms with van der Waals surface area (Å²) < 4.78 is 2.48. The molecular formula is C15H25Br2NS. The van der Waals surface area contributed by atoms with E-state index < -0.39 is 0 Å². The van der Waals surface area contributed by atoms with Crippen molar-refractivity contribution in [3.63, 3.8) is 0 Å². The van der Waals surface area contributed by atoms with Crippen molar-refractivity contribution in [1.29, 1.82) is 0 Å². The summed E-state index contributed by atoms with van der Waals surface area (Å²) in [5, 5.41) is 3.76. The molecule has 1 aromatic rings. The summed E-state index contributed by atoms with van der Waals surface area (Å²) in [6.07, 6.45) is 6.34. The van der Waals surface area contributed by atoms with Crippen molar-refractivity contribution in [3.8, 4) is 0 Å². The Labute approximate surface area is 138 Å². The Kier molecular flexibility index (Phi) is 8.87. The number of halogens is 2. The lowest BCUT2D eigenvalue weighted by Gasteiger charge is -2.27. The molecule has 4 heteroatoms. The Bertz CT molecular complexity index is 365. The van der Waals surface area contributed by atoms with E-state index in [1.807, 2.05) is 0 Å². The first-order chi connectivity index (χ1) is 9.13. The molecule has 0 amide bonds. The third-order valence-electron chi connectivity index (χ3n) is 3.56. The van der Waals surface area contributed by atoms with Crippen LogP contribution in [0.1, 0.15) is 64.5 Å². The Hall–Kier alpha value is 0.620. The van der Waals surface area contributed by atoms with E-state index in [4.69, 9.17) is 0 Å². The highest BCUT2D eigenvalue weighted by Crippen LogP contribution is 2.40. The summed E-state index contributed by atoms with van der Waals surface area (Å²) >= 11 is 9.10. The Morgan fingerprint density at radius 2 is 1.95 bits per heavy atom. The van der Waals surface area contributed by atoms with Gasteiger partial charge in [-0.05, 0) is 68.8 Å². The van der Waals surface area contributed by atoms with Crippen molar-refractivity contribution in [3.05, 3.63) is 19.2 Å². The molecule has 0 saturated heterocycles. The van der Waals surface area contributed by atoms with Crippen molar-refractivity contribution >= 4 is 43.2 Å². The number of rotatable bonds is 9. The van der Waals surface area contributed by atoms with Crippen molar-refractivity contribution in [1.82, 2.24) is 5.32 Å². The van der Waals surface area contributed by atoms with Crippen LogP contribution in [0.3, 0.4) is 0 Å². The van der Waals surface area contributed by atoms with Crippen LogP contribution in [0.15, 0.2) is 13.6 Å². The molecule has 2 unspecified atom stereocenters. The molecule has 0 aliphatic rings. The molecule has 0 radical (unpaired) electrons. The highest BCUT2D eigenvalue weighted by Gasteiger charge is 2.24. The van der Waals surface area contributed by atoms with Gasteiger partial charge in [0.25, 0.3) is 0 Å². The molecule has 0 saturated carbocycles. The predicted octanol–water partition coefficient (Wildman–Crippen LogP) is 6.53. The van der Waals surface area contributed by atoms with E-state index in [0.717, 1.165) is 12.5 Å². The highest BCUT2D eigenvalue weighted by molar-refractivity contribution is 9.12. The first-order valence-corrected chi connectivity index (χ1v) is 9.72. The minimum atomic E-state index is 0.480. The zero-order valence-electron chi connectivity index (χ0n) is 12.1. The topological polar surface area (TPSA) is 12.0 Å². The maximum Gasteiger partial charge on any atom is 0.0758 e. The molecule has 0 aliphatic carbocycles. The van der Waals surface area contributed by atoms with Gasteiger partial charge in [0.05, 0.1) is 7.57 Å². The summed E-state index contributed by atoms with van der Waals surface area (Å²) in [6, 6.07) is 2.75. The SMILES string of the molecule is CCCCC(CC)C(NCCC)c1cc(Br)sc1Br. The number of hydrogen-bond acceptors (Lipinski definition) is 2. The molecule has 1 rings (SSSR count). The van der Waals surface area contributed by atoms with Crippen LogP contribution in [0, 0.1) is 5.92 Å². The third-order valence-corrected chi connectivity index (χ3v) is 5.94. The molecule has 0 spiro atoms. The molecule has 110 valence electrons. The molecule has 19 heavy (non-hydrogen) atoms. The summed E-state index contributed by atoms with van der Waals surface area (Å²) in [7, 11) is 0. The van der Waals surface area contributed by atoms with Gasteiger partial charge in [-0.2, -0.15) is 0 Å². The average molecular weight is 411 g/mol. The van der Waals surface area contributed by atoms with Gasteiger partial charge < -0.3 is 5.32 Å². The lowest BCUT2D eigenvalue weighted by molar-refractivity contribution is 0.323. The molecule has 1 aromatic heterocycles. The fourth-order valence-corrected chi connectivity index (χ4v) is 5.40. The first kappa shape index (κ1) is 17.7. The van der Waals surface area contributed by atoms with Gasteiger partial charge in [0.2, 0.25) is 0 Å². The largest absolute Gasteiger partial charge is 0.310 e. The molecule has 0 aliphatic heterocycles. The van der Waals surface area contributed by atoms with Crippen LogP contribution in [0.2, 0.25) is 0 Å². The minimum absolute atomic E-state index is 0.480. The predicted molar refractivity (Wildman–Crippen MR) is 94.1 cm³/mol. The fourth-order valence-electron chi connectivity index (χ4n) is 2.47. The van der Waals surface area contributed by atoms with Gasteiger partial charge in [-0.15, -0.1) is 11.3 Å². The van der Waals surface area contributed by atoms with Crippen LogP contribution in [0.25, 0.3) is 0 Å². The summed E-state index contributed by atoms with van der Waals surface area (Å²) in [4.78, 5) is 0. The van der Waals surface area contributed by atoms with Crippen molar-refractivity contribution in [2.24, 2.45) is 5.92 Å². The van der Waals surface area contributed by atoms with Crippen LogP contribution in [-0.2, 0) is 0 Å². The van der Waals surface area contributed by atoms with Gasteiger partial charge in [-0.3, -0.25) is 0 Å². The zero-order chi connectivity index (χ0) is 14.3.